The fraction of sp³-hybridized carbons (Fsp3) is 0.556. The summed E-state index contributed by atoms with van der Waals surface area (Å²) in [5.74, 6) is 1.52. The molecule has 0 fully saturated rings. The van der Waals surface area contributed by atoms with Crippen LogP contribution in [0.25, 0.3) is 0 Å². The number of aromatic amines is 1. The summed E-state index contributed by atoms with van der Waals surface area (Å²) in [4.78, 5) is 3.30. The summed E-state index contributed by atoms with van der Waals surface area (Å²) in [5, 5.41) is 0. The van der Waals surface area contributed by atoms with Gasteiger partial charge < -0.3 is 4.98 Å². The third kappa shape index (κ3) is 0.634. The summed E-state index contributed by atoms with van der Waals surface area (Å²) < 4.78 is 0. The van der Waals surface area contributed by atoms with E-state index in [0.29, 0.717) is 0 Å². The van der Waals surface area contributed by atoms with Crippen molar-refractivity contribution in [3.63, 3.8) is 0 Å². The van der Waals surface area contributed by atoms with Gasteiger partial charge in [0.15, 0.2) is 0 Å². The molecule has 1 heteroatoms. The van der Waals surface area contributed by atoms with Crippen molar-refractivity contribution in [3.8, 4) is 0 Å². The molecule has 0 saturated carbocycles. The van der Waals surface area contributed by atoms with Crippen LogP contribution < -0.4 is 0 Å². The predicted octanol–water partition coefficient (Wildman–Crippen LogP) is 2.63. The number of hydrogen-bond acceptors (Lipinski definition) is 0. The maximum atomic E-state index is 3.30. The highest BCUT2D eigenvalue weighted by Crippen LogP contribution is 2.39. The molecule has 0 bridgehead atoms. The van der Waals surface area contributed by atoms with Gasteiger partial charge in [0.25, 0.3) is 0 Å². The Morgan fingerprint density at radius 2 is 2.20 bits per heavy atom. The van der Waals surface area contributed by atoms with Gasteiger partial charge in [0, 0.05) is 11.9 Å². The molecular weight excluding hydrogens is 122 g/mol. The van der Waals surface area contributed by atoms with Crippen LogP contribution in [0.5, 0.6) is 0 Å². The second-order valence-electron chi connectivity index (χ2n) is 3.38. The molecule has 1 N–H and O–H groups in total. The summed E-state index contributed by atoms with van der Waals surface area (Å²) in [6.45, 7) is 4.59. The highest BCUT2D eigenvalue weighted by molar-refractivity contribution is 5.32. The van der Waals surface area contributed by atoms with Crippen LogP contribution in [0.1, 0.15) is 43.4 Å². The molecule has 1 aliphatic carbocycles. The van der Waals surface area contributed by atoms with E-state index in [2.05, 4.69) is 31.1 Å². The van der Waals surface area contributed by atoms with E-state index in [4.69, 9.17) is 0 Å². The summed E-state index contributed by atoms with van der Waals surface area (Å²) >= 11 is 0. The van der Waals surface area contributed by atoms with Gasteiger partial charge >= 0.3 is 0 Å². The van der Waals surface area contributed by atoms with Crippen LogP contribution in [-0.2, 0) is 0 Å². The first kappa shape index (κ1) is 6.02. The minimum absolute atomic E-state index is 0.750. The van der Waals surface area contributed by atoms with E-state index >= 15 is 0 Å². The van der Waals surface area contributed by atoms with Gasteiger partial charge in [-0.25, -0.2) is 0 Å². The lowest BCUT2D eigenvalue weighted by Crippen LogP contribution is -1.85. The molecular formula is C9H13N. The van der Waals surface area contributed by atoms with E-state index < -0.39 is 0 Å². The monoisotopic (exact) mass is 135 g/mol. The van der Waals surface area contributed by atoms with E-state index in [1.54, 1.807) is 0 Å². The van der Waals surface area contributed by atoms with Crippen LogP contribution in [0.4, 0.5) is 0 Å². The fourth-order valence-corrected chi connectivity index (χ4v) is 2.03. The van der Waals surface area contributed by atoms with Crippen LogP contribution in [0.2, 0.25) is 0 Å². The second kappa shape index (κ2) is 1.88. The molecule has 0 radical (unpaired) electrons. The normalized spacial score (nSPS) is 30.6. The Hall–Kier alpha value is -0.720. The van der Waals surface area contributed by atoms with Crippen molar-refractivity contribution >= 4 is 0 Å². The second-order valence-corrected chi connectivity index (χ2v) is 3.38. The lowest BCUT2D eigenvalue weighted by Gasteiger charge is -2.00. The zero-order valence-corrected chi connectivity index (χ0v) is 6.52. The smallest absolute Gasteiger partial charge is 0.0211 e. The molecule has 1 aliphatic rings. The Balaban J connectivity index is 2.48. The molecule has 1 aromatic heterocycles. The Kier molecular flexibility index (Phi) is 1.13. The quantitative estimate of drug-likeness (QED) is 0.563. The van der Waals surface area contributed by atoms with Crippen molar-refractivity contribution < 1.29 is 0 Å². The number of fused-ring (bicyclic) bond motifs is 1. The van der Waals surface area contributed by atoms with Crippen molar-refractivity contribution in [2.24, 2.45) is 0 Å². The molecule has 0 aromatic carbocycles. The van der Waals surface area contributed by atoms with E-state index in [0.717, 1.165) is 11.8 Å². The highest BCUT2D eigenvalue weighted by atomic mass is 14.7. The third-order valence-electron chi connectivity index (χ3n) is 2.54. The maximum Gasteiger partial charge on any atom is 0.0211 e. The molecule has 0 amide bonds. The fourth-order valence-electron chi connectivity index (χ4n) is 2.03. The molecule has 2 atom stereocenters. The SMILES string of the molecule is C[C@@H]1C[C@H](C)c2cc[nH]c21. The number of aromatic nitrogens is 1. The highest BCUT2D eigenvalue weighted by Gasteiger charge is 2.25. The first-order valence-electron chi connectivity index (χ1n) is 3.96. The molecule has 1 heterocycles. The number of nitrogens with one attached hydrogen (secondary N) is 1. The Labute approximate surface area is 61.5 Å². The Morgan fingerprint density at radius 3 is 2.90 bits per heavy atom. The number of rotatable bonds is 0. The Morgan fingerprint density at radius 1 is 1.40 bits per heavy atom. The topological polar surface area (TPSA) is 15.8 Å². The van der Waals surface area contributed by atoms with Crippen molar-refractivity contribution in [2.75, 3.05) is 0 Å². The first-order chi connectivity index (χ1) is 4.79. The largest absolute Gasteiger partial charge is 0.365 e. The van der Waals surface area contributed by atoms with Crippen LogP contribution in [0, 0.1) is 0 Å². The predicted molar refractivity (Wildman–Crippen MR) is 42.2 cm³/mol. The average molecular weight is 135 g/mol. The van der Waals surface area contributed by atoms with Gasteiger partial charge in [-0.3, -0.25) is 0 Å². The van der Waals surface area contributed by atoms with Crippen molar-refractivity contribution in [3.05, 3.63) is 23.5 Å². The van der Waals surface area contributed by atoms with E-state index in [1.165, 1.54) is 17.7 Å². The molecule has 54 valence electrons. The summed E-state index contributed by atoms with van der Waals surface area (Å²) in [5.41, 5.74) is 3.00. The minimum Gasteiger partial charge on any atom is -0.365 e. The molecule has 1 aromatic rings. The van der Waals surface area contributed by atoms with Crippen LogP contribution >= 0.6 is 0 Å². The van der Waals surface area contributed by atoms with E-state index in [9.17, 15) is 0 Å². The molecule has 1 nitrogen and oxygen atoms in total. The number of H-pyrrole nitrogens is 1. The number of hydrogen-bond donors (Lipinski definition) is 1. The van der Waals surface area contributed by atoms with Gasteiger partial charge in [-0.15, -0.1) is 0 Å². The van der Waals surface area contributed by atoms with Crippen molar-refractivity contribution in [1.82, 2.24) is 4.98 Å². The van der Waals surface area contributed by atoms with E-state index in [-0.39, 0.29) is 0 Å². The van der Waals surface area contributed by atoms with Gasteiger partial charge in [-0.1, -0.05) is 13.8 Å². The summed E-state index contributed by atoms with van der Waals surface area (Å²) in [6, 6.07) is 2.21. The van der Waals surface area contributed by atoms with Crippen molar-refractivity contribution in [1.29, 1.82) is 0 Å². The van der Waals surface area contributed by atoms with Crippen LogP contribution in [0.15, 0.2) is 12.3 Å². The standard InChI is InChI=1S/C9H13N/c1-6-5-7(2)9-8(6)3-4-10-9/h3-4,6-7,10H,5H2,1-2H3/t6-,7+/m0/s1. The van der Waals surface area contributed by atoms with Gasteiger partial charge in [0.1, 0.15) is 0 Å². The summed E-state index contributed by atoms with van der Waals surface area (Å²) in [7, 11) is 0. The Bertz CT molecular complexity index is 214. The van der Waals surface area contributed by atoms with Crippen LogP contribution in [0.3, 0.4) is 0 Å². The molecule has 0 aliphatic heterocycles. The van der Waals surface area contributed by atoms with Gasteiger partial charge in [0.2, 0.25) is 0 Å². The van der Waals surface area contributed by atoms with Gasteiger partial charge in [0.05, 0.1) is 0 Å². The molecule has 0 saturated heterocycles. The lowest BCUT2D eigenvalue weighted by atomic mass is 10.1. The molecule has 2 rings (SSSR count). The minimum atomic E-state index is 0.750. The molecule has 10 heavy (non-hydrogen) atoms. The first-order valence-corrected chi connectivity index (χ1v) is 3.96. The zero-order valence-electron chi connectivity index (χ0n) is 6.52. The zero-order chi connectivity index (χ0) is 7.14. The molecule has 0 unspecified atom stereocenters. The molecule has 0 spiro atoms. The third-order valence-corrected chi connectivity index (χ3v) is 2.54. The lowest BCUT2D eigenvalue weighted by molar-refractivity contribution is 0.652. The summed E-state index contributed by atoms with van der Waals surface area (Å²) in [6.07, 6.45) is 3.37. The van der Waals surface area contributed by atoms with Gasteiger partial charge in [-0.2, -0.15) is 0 Å². The van der Waals surface area contributed by atoms with Gasteiger partial charge in [-0.05, 0) is 29.9 Å². The van der Waals surface area contributed by atoms with Crippen molar-refractivity contribution in [2.45, 2.75) is 32.1 Å². The maximum absolute atomic E-state index is 3.30. The average Bonchev–Trinajstić information content (AvgIpc) is 2.39. The van der Waals surface area contributed by atoms with Crippen LogP contribution in [-0.4, -0.2) is 4.98 Å². The van der Waals surface area contributed by atoms with E-state index in [1.807, 2.05) is 0 Å².